The van der Waals surface area contributed by atoms with E-state index in [1.165, 1.54) is 0 Å². The van der Waals surface area contributed by atoms with Gasteiger partial charge >= 0.3 is 12.1 Å². The Morgan fingerprint density at radius 3 is 2.30 bits per heavy atom. The summed E-state index contributed by atoms with van der Waals surface area (Å²) in [4.78, 5) is 39.7. The van der Waals surface area contributed by atoms with Crippen LogP contribution in [0.15, 0.2) is 42.5 Å². The van der Waals surface area contributed by atoms with Crippen molar-refractivity contribution < 1.29 is 24.2 Å². The number of aromatic carboxylic acids is 1. The number of nitrogens with zero attached hydrogens (tertiary/aromatic N) is 2. The third kappa shape index (κ3) is 4.89. The van der Waals surface area contributed by atoms with Gasteiger partial charge in [-0.3, -0.25) is 4.79 Å². The molecule has 0 spiro atoms. The number of nitrogens with one attached hydrogen (secondary N) is 1. The van der Waals surface area contributed by atoms with E-state index >= 15 is 0 Å². The van der Waals surface area contributed by atoms with Gasteiger partial charge in [-0.15, -0.1) is 0 Å². The van der Waals surface area contributed by atoms with Crippen LogP contribution in [0.3, 0.4) is 0 Å². The highest BCUT2D eigenvalue weighted by atomic mass is 16.6. The number of amides is 2. The maximum atomic E-state index is 12.5. The molecule has 1 aliphatic heterocycles. The number of carboxylic acids is 1. The predicted molar refractivity (Wildman–Crippen MR) is 113 cm³/mol. The minimum atomic E-state index is -1.12. The number of hydrogen-bond donors (Lipinski definition) is 2. The molecule has 0 unspecified atom stereocenters. The van der Waals surface area contributed by atoms with E-state index in [4.69, 9.17) is 4.74 Å². The monoisotopic (exact) mass is 411 g/mol. The van der Waals surface area contributed by atoms with Gasteiger partial charge in [0, 0.05) is 37.4 Å². The molecule has 2 N–H and O–H groups in total. The number of aryl methyl sites for hydroxylation is 1. The molecule has 1 aliphatic rings. The Morgan fingerprint density at radius 1 is 1.03 bits per heavy atom. The molecule has 1 heterocycles. The Balaban J connectivity index is 1.73. The van der Waals surface area contributed by atoms with E-state index in [-0.39, 0.29) is 23.3 Å². The summed E-state index contributed by atoms with van der Waals surface area (Å²) in [7, 11) is 0. The fraction of sp³-hybridized carbons (Fsp3) is 0.318. The second kappa shape index (κ2) is 9.30. The summed E-state index contributed by atoms with van der Waals surface area (Å²) in [5.41, 5.74) is 2.47. The molecule has 0 aliphatic carbocycles. The van der Waals surface area contributed by atoms with Crippen LogP contribution in [0.25, 0.3) is 0 Å². The summed E-state index contributed by atoms with van der Waals surface area (Å²) in [6.07, 6.45) is -0.336. The highest BCUT2D eigenvalue weighted by Gasteiger charge is 2.23. The molecule has 2 aromatic carbocycles. The molecule has 3 rings (SSSR count). The van der Waals surface area contributed by atoms with Crippen LogP contribution in [0.5, 0.6) is 0 Å². The van der Waals surface area contributed by atoms with Crippen molar-refractivity contribution in [3.63, 3.8) is 0 Å². The zero-order valence-electron chi connectivity index (χ0n) is 17.1. The van der Waals surface area contributed by atoms with Gasteiger partial charge in [0.25, 0.3) is 5.91 Å². The Morgan fingerprint density at radius 2 is 1.70 bits per heavy atom. The molecule has 8 nitrogen and oxygen atoms in total. The number of carbonyl (C=O) groups excluding carboxylic acids is 2. The maximum absolute atomic E-state index is 12.5. The van der Waals surface area contributed by atoms with Gasteiger partial charge in [0.15, 0.2) is 0 Å². The minimum Gasteiger partial charge on any atom is -0.478 e. The minimum absolute atomic E-state index is 0.0146. The average Bonchev–Trinajstić information content (AvgIpc) is 2.74. The van der Waals surface area contributed by atoms with E-state index in [2.05, 4.69) is 5.32 Å². The standard InChI is InChI=1S/C22H25N3O5/c1-3-30-22(29)25-12-10-24(11-13-25)17-8-9-19(18(14-17)21(27)28)23-20(26)16-6-4-15(2)5-7-16/h4-9,14H,3,10-13H2,1-2H3,(H,23,26)(H,27,28). The van der Waals surface area contributed by atoms with Crippen LogP contribution in [0.2, 0.25) is 0 Å². The van der Waals surface area contributed by atoms with Gasteiger partial charge in [-0.2, -0.15) is 0 Å². The lowest BCUT2D eigenvalue weighted by molar-refractivity contribution is 0.0698. The third-order valence-corrected chi connectivity index (χ3v) is 4.97. The highest BCUT2D eigenvalue weighted by molar-refractivity contribution is 6.08. The van der Waals surface area contributed by atoms with E-state index in [9.17, 15) is 19.5 Å². The largest absolute Gasteiger partial charge is 0.478 e. The van der Waals surface area contributed by atoms with Gasteiger partial charge in [-0.25, -0.2) is 9.59 Å². The number of benzene rings is 2. The zero-order valence-corrected chi connectivity index (χ0v) is 17.1. The molecule has 0 bridgehead atoms. The topological polar surface area (TPSA) is 99.2 Å². The number of carbonyl (C=O) groups is 3. The van der Waals surface area contributed by atoms with Crippen LogP contribution in [0.1, 0.15) is 33.2 Å². The maximum Gasteiger partial charge on any atom is 0.409 e. The Kier molecular flexibility index (Phi) is 6.56. The van der Waals surface area contributed by atoms with Crippen molar-refractivity contribution in [3.05, 3.63) is 59.2 Å². The molecule has 0 radical (unpaired) electrons. The number of carboxylic acid groups (broad SMARTS) is 1. The average molecular weight is 411 g/mol. The first-order valence-electron chi connectivity index (χ1n) is 9.81. The second-order valence-corrected chi connectivity index (χ2v) is 7.03. The summed E-state index contributed by atoms with van der Waals surface area (Å²) >= 11 is 0. The molecule has 8 heteroatoms. The fourth-order valence-electron chi connectivity index (χ4n) is 3.28. The molecule has 0 atom stereocenters. The van der Waals surface area contributed by atoms with Crippen LogP contribution in [-0.4, -0.2) is 60.8 Å². The number of hydrogen-bond acceptors (Lipinski definition) is 5. The van der Waals surface area contributed by atoms with Crippen molar-refractivity contribution in [3.8, 4) is 0 Å². The molecular weight excluding hydrogens is 386 g/mol. The van der Waals surface area contributed by atoms with Crippen molar-refractivity contribution in [2.75, 3.05) is 43.0 Å². The lowest BCUT2D eigenvalue weighted by atomic mass is 10.1. The lowest BCUT2D eigenvalue weighted by Gasteiger charge is -2.35. The van der Waals surface area contributed by atoms with Gasteiger partial charge in [0.05, 0.1) is 17.9 Å². The Hall–Kier alpha value is -3.55. The van der Waals surface area contributed by atoms with E-state index < -0.39 is 5.97 Å². The van der Waals surface area contributed by atoms with Crippen molar-refractivity contribution in [1.29, 1.82) is 0 Å². The van der Waals surface area contributed by atoms with Gasteiger partial charge in [-0.05, 0) is 44.2 Å². The number of ether oxygens (including phenoxy) is 1. The van der Waals surface area contributed by atoms with Crippen LogP contribution < -0.4 is 10.2 Å². The van der Waals surface area contributed by atoms with E-state index in [0.29, 0.717) is 38.3 Å². The Bertz CT molecular complexity index is 934. The molecular formula is C22H25N3O5. The van der Waals surface area contributed by atoms with Crippen molar-refractivity contribution >= 4 is 29.3 Å². The van der Waals surface area contributed by atoms with Gasteiger partial charge in [0.1, 0.15) is 0 Å². The predicted octanol–water partition coefficient (Wildman–Crippen LogP) is 3.22. The first-order valence-corrected chi connectivity index (χ1v) is 9.81. The van der Waals surface area contributed by atoms with Crippen molar-refractivity contribution in [2.45, 2.75) is 13.8 Å². The molecule has 0 aromatic heterocycles. The third-order valence-electron chi connectivity index (χ3n) is 4.97. The zero-order chi connectivity index (χ0) is 21.7. The summed E-state index contributed by atoms with van der Waals surface area (Å²) in [5.74, 6) is -1.49. The van der Waals surface area contributed by atoms with E-state index in [1.54, 1.807) is 42.2 Å². The van der Waals surface area contributed by atoms with Crippen molar-refractivity contribution in [2.24, 2.45) is 0 Å². The first kappa shape index (κ1) is 21.2. The van der Waals surface area contributed by atoms with E-state index in [1.807, 2.05) is 24.0 Å². The molecule has 30 heavy (non-hydrogen) atoms. The fourth-order valence-corrected chi connectivity index (χ4v) is 3.28. The van der Waals surface area contributed by atoms with Gasteiger partial charge < -0.3 is 25.0 Å². The SMILES string of the molecule is CCOC(=O)N1CCN(c2ccc(NC(=O)c3ccc(C)cc3)c(C(=O)O)c2)CC1. The molecule has 1 fully saturated rings. The van der Waals surface area contributed by atoms with E-state index in [0.717, 1.165) is 11.3 Å². The van der Waals surface area contributed by atoms with Crippen LogP contribution in [0.4, 0.5) is 16.2 Å². The van der Waals surface area contributed by atoms with Crippen LogP contribution in [0, 0.1) is 6.92 Å². The van der Waals surface area contributed by atoms with Crippen LogP contribution in [-0.2, 0) is 4.74 Å². The number of piperazine rings is 1. The normalized spacial score (nSPS) is 13.7. The number of anilines is 2. The first-order chi connectivity index (χ1) is 14.4. The van der Waals surface area contributed by atoms with Crippen molar-refractivity contribution in [1.82, 2.24) is 4.90 Å². The molecule has 158 valence electrons. The summed E-state index contributed by atoms with van der Waals surface area (Å²) < 4.78 is 5.02. The molecule has 2 aromatic rings. The smallest absolute Gasteiger partial charge is 0.409 e. The second-order valence-electron chi connectivity index (χ2n) is 7.03. The summed E-state index contributed by atoms with van der Waals surface area (Å²) in [5, 5.41) is 12.3. The van der Waals surface area contributed by atoms with Gasteiger partial charge in [0.2, 0.25) is 0 Å². The molecule has 0 saturated carbocycles. The van der Waals surface area contributed by atoms with Gasteiger partial charge in [-0.1, -0.05) is 17.7 Å². The van der Waals surface area contributed by atoms with Crippen LogP contribution >= 0.6 is 0 Å². The number of rotatable bonds is 5. The summed E-state index contributed by atoms with van der Waals surface area (Å²) in [6.45, 7) is 6.13. The lowest BCUT2D eigenvalue weighted by Crippen LogP contribution is -2.49. The summed E-state index contributed by atoms with van der Waals surface area (Å²) in [6, 6.07) is 12.0. The molecule has 1 saturated heterocycles. The Labute approximate surface area is 175 Å². The quantitative estimate of drug-likeness (QED) is 0.784. The highest BCUT2D eigenvalue weighted by Crippen LogP contribution is 2.25. The molecule has 2 amide bonds.